The molecule has 1 atom stereocenters. The lowest BCUT2D eigenvalue weighted by Gasteiger charge is -2.15. The van der Waals surface area contributed by atoms with Crippen LogP contribution in [0.1, 0.15) is 12.0 Å². The average Bonchev–Trinajstić information content (AvgIpc) is 2.57. The summed E-state index contributed by atoms with van der Waals surface area (Å²) in [5.74, 6) is 0.861. The van der Waals surface area contributed by atoms with Gasteiger partial charge in [-0.15, -0.1) is 24.9 Å². The van der Waals surface area contributed by atoms with Crippen molar-refractivity contribution < 1.29 is 22.6 Å². The number of halogens is 3. The fourth-order valence-electron chi connectivity index (χ4n) is 2.17. The molecule has 0 fully saturated rings. The molecule has 26 heavy (non-hydrogen) atoms. The minimum Gasteiger partial charge on any atom is -0.493 e. The lowest BCUT2D eigenvalue weighted by Crippen LogP contribution is -2.17. The van der Waals surface area contributed by atoms with Crippen molar-refractivity contribution in [3.05, 3.63) is 54.1 Å². The highest BCUT2D eigenvalue weighted by atomic mass is 32.2. The Morgan fingerprint density at radius 3 is 2.42 bits per heavy atom. The van der Waals surface area contributed by atoms with E-state index in [1.807, 2.05) is 25.1 Å². The zero-order valence-corrected chi connectivity index (χ0v) is 14.9. The van der Waals surface area contributed by atoms with Gasteiger partial charge < -0.3 is 9.47 Å². The molecule has 0 N–H and O–H groups in total. The van der Waals surface area contributed by atoms with Crippen LogP contribution in [0.2, 0.25) is 0 Å². The Balaban J connectivity index is 1.86. The second-order valence-electron chi connectivity index (χ2n) is 5.69. The van der Waals surface area contributed by atoms with Crippen LogP contribution in [0, 0.1) is 24.2 Å². The molecule has 2 aromatic rings. The molecule has 0 bridgehead atoms. The molecule has 0 spiro atoms. The van der Waals surface area contributed by atoms with Gasteiger partial charge in [0.05, 0.1) is 12.7 Å². The third-order valence-electron chi connectivity index (χ3n) is 3.40. The Morgan fingerprint density at radius 1 is 1.12 bits per heavy atom. The monoisotopic (exact) mass is 381 g/mol. The Morgan fingerprint density at radius 2 is 1.81 bits per heavy atom. The van der Waals surface area contributed by atoms with E-state index in [1.54, 1.807) is 11.8 Å². The number of hydrogen-bond acceptors (Lipinski definition) is 4. The number of aryl methyl sites for hydroxylation is 1. The van der Waals surface area contributed by atoms with Crippen molar-refractivity contribution in [1.82, 2.24) is 0 Å². The van der Waals surface area contributed by atoms with E-state index in [2.05, 4.69) is 16.9 Å². The van der Waals surface area contributed by atoms with Crippen molar-refractivity contribution in [3.8, 4) is 17.6 Å². The molecule has 0 aromatic heterocycles. The number of benzene rings is 2. The summed E-state index contributed by atoms with van der Waals surface area (Å²) in [6, 6.07) is 15.5. The molecule has 2 aromatic carbocycles. The van der Waals surface area contributed by atoms with Crippen molar-refractivity contribution in [2.45, 2.75) is 24.6 Å². The van der Waals surface area contributed by atoms with Gasteiger partial charge in [0.1, 0.15) is 11.5 Å². The molecule has 7 heteroatoms. The van der Waals surface area contributed by atoms with E-state index in [-0.39, 0.29) is 11.7 Å². The van der Waals surface area contributed by atoms with Crippen LogP contribution < -0.4 is 9.47 Å². The summed E-state index contributed by atoms with van der Waals surface area (Å²) < 4.78 is 45.9. The van der Waals surface area contributed by atoms with Gasteiger partial charge >= 0.3 is 6.36 Å². The Hall–Kier alpha value is -2.33. The summed E-state index contributed by atoms with van der Waals surface area (Å²) in [6.45, 7) is 2.33. The topological polar surface area (TPSA) is 42.2 Å². The summed E-state index contributed by atoms with van der Waals surface area (Å²) >= 11 is 1.65. The first-order valence-electron chi connectivity index (χ1n) is 7.91. The second-order valence-corrected chi connectivity index (χ2v) is 6.78. The SMILES string of the molecule is Cc1cccc(SCC(CC#N)COc2ccc(OC(F)(F)F)cc2)c1. The Bertz CT molecular complexity index is 742. The van der Waals surface area contributed by atoms with Gasteiger partial charge in [-0.1, -0.05) is 17.7 Å². The van der Waals surface area contributed by atoms with Crippen molar-refractivity contribution in [2.75, 3.05) is 12.4 Å². The van der Waals surface area contributed by atoms with Gasteiger partial charge in [0.15, 0.2) is 0 Å². The number of thioether (sulfide) groups is 1. The van der Waals surface area contributed by atoms with Gasteiger partial charge in [-0.25, -0.2) is 0 Å². The van der Waals surface area contributed by atoms with E-state index in [9.17, 15) is 13.2 Å². The lowest BCUT2D eigenvalue weighted by molar-refractivity contribution is -0.274. The maximum atomic E-state index is 12.1. The van der Waals surface area contributed by atoms with Crippen LogP contribution in [0.3, 0.4) is 0 Å². The van der Waals surface area contributed by atoms with Crippen LogP contribution in [-0.2, 0) is 0 Å². The molecule has 0 saturated carbocycles. The molecule has 0 saturated heterocycles. The molecular formula is C19H18F3NO2S. The minimum atomic E-state index is -4.71. The summed E-state index contributed by atoms with van der Waals surface area (Å²) in [5, 5.41) is 8.98. The molecule has 0 aliphatic rings. The highest BCUT2D eigenvalue weighted by molar-refractivity contribution is 7.99. The Labute approximate surface area is 154 Å². The third kappa shape index (κ3) is 7.28. The second kappa shape index (κ2) is 9.39. The molecule has 0 aliphatic carbocycles. The summed E-state index contributed by atoms with van der Waals surface area (Å²) in [5.41, 5.74) is 1.17. The predicted molar refractivity (Wildman–Crippen MR) is 94.2 cm³/mol. The standard InChI is InChI=1S/C19H18F3NO2S/c1-14-3-2-4-18(11-14)26-13-15(9-10-23)12-24-16-5-7-17(8-6-16)25-19(20,21)22/h2-8,11,15H,9,12-13H2,1H3. The summed E-state index contributed by atoms with van der Waals surface area (Å²) in [7, 11) is 0. The maximum absolute atomic E-state index is 12.1. The maximum Gasteiger partial charge on any atom is 0.573 e. The quantitative estimate of drug-likeness (QED) is 0.559. The van der Waals surface area contributed by atoms with E-state index < -0.39 is 6.36 Å². The highest BCUT2D eigenvalue weighted by Gasteiger charge is 2.30. The first-order chi connectivity index (χ1) is 12.4. The van der Waals surface area contributed by atoms with Gasteiger partial charge in [-0.05, 0) is 43.3 Å². The van der Waals surface area contributed by atoms with Crippen LogP contribution in [0.5, 0.6) is 11.5 Å². The van der Waals surface area contributed by atoms with Gasteiger partial charge in [-0.3, -0.25) is 0 Å². The third-order valence-corrected chi connectivity index (χ3v) is 4.62. The normalized spacial score (nSPS) is 12.3. The average molecular weight is 381 g/mol. The molecule has 0 aliphatic heterocycles. The fourth-order valence-corrected chi connectivity index (χ4v) is 3.25. The van der Waals surface area contributed by atoms with Crippen molar-refractivity contribution in [2.24, 2.45) is 5.92 Å². The molecule has 3 nitrogen and oxygen atoms in total. The van der Waals surface area contributed by atoms with Gasteiger partial charge in [0.25, 0.3) is 0 Å². The van der Waals surface area contributed by atoms with Crippen LogP contribution in [0.25, 0.3) is 0 Å². The van der Waals surface area contributed by atoms with E-state index >= 15 is 0 Å². The molecule has 0 amide bonds. The van der Waals surface area contributed by atoms with E-state index in [0.29, 0.717) is 24.5 Å². The molecular weight excluding hydrogens is 363 g/mol. The van der Waals surface area contributed by atoms with E-state index in [0.717, 1.165) is 4.90 Å². The van der Waals surface area contributed by atoms with Gasteiger partial charge in [-0.2, -0.15) is 5.26 Å². The van der Waals surface area contributed by atoms with Gasteiger partial charge in [0, 0.05) is 23.0 Å². The summed E-state index contributed by atoms with van der Waals surface area (Å²) in [6.07, 6.45) is -4.37. The minimum absolute atomic E-state index is 0.0108. The number of ether oxygens (including phenoxy) is 2. The van der Waals surface area contributed by atoms with Crippen molar-refractivity contribution in [1.29, 1.82) is 5.26 Å². The molecule has 0 heterocycles. The van der Waals surface area contributed by atoms with Crippen molar-refractivity contribution >= 4 is 11.8 Å². The largest absolute Gasteiger partial charge is 0.573 e. The molecule has 0 radical (unpaired) electrons. The molecule has 138 valence electrons. The molecule has 2 rings (SSSR count). The predicted octanol–water partition coefficient (Wildman–Crippen LogP) is 5.59. The number of nitrogens with zero attached hydrogens (tertiary/aromatic N) is 1. The Kier molecular flexibility index (Phi) is 7.22. The fraction of sp³-hybridized carbons (Fsp3) is 0.316. The number of rotatable bonds is 8. The number of nitriles is 1. The van der Waals surface area contributed by atoms with Crippen LogP contribution >= 0.6 is 11.8 Å². The summed E-state index contributed by atoms with van der Waals surface area (Å²) in [4.78, 5) is 1.13. The van der Waals surface area contributed by atoms with Gasteiger partial charge in [0.2, 0.25) is 0 Å². The highest BCUT2D eigenvalue weighted by Crippen LogP contribution is 2.26. The van der Waals surface area contributed by atoms with Crippen LogP contribution in [0.4, 0.5) is 13.2 Å². The first-order valence-corrected chi connectivity index (χ1v) is 8.89. The van der Waals surface area contributed by atoms with E-state index in [1.165, 1.54) is 29.8 Å². The zero-order chi connectivity index (χ0) is 19.0. The smallest absolute Gasteiger partial charge is 0.493 e. The van der Waals surface area contributed by atoms with Crippen molar-refractivity contribution in [3.63, 3.8) is 0 Å². The van der Waals surface area contributed by atoms with E-state index in [4.69, 9.17) is 10.00 Å². The van der Waals surface area contributed by atoms with Crippen LogP contribution in [-0.4, -0.2) is 18.7 Å². The number of hydrogen-bond donors (Lipinski definition) is 0. The number of alkyl halides is 3. The van der Waals surface area contributed by atoms with Crippen LogP contribution in [0.15, 0.2) is 53.4 Å². The lowest BCUT2D eigenvalue weighted by atomic mass is 10.1. The zero-order valence-electron chi connectivity index (χ0n) is 14.1. The first kappa shape index (κ1) is 20.0. The molecule has 1 unspecified atom stereocenters.